The Bertz CT molecular complexity index is 521. The number of benzene rings is 1. The number of carbonyl (C=O) groups is 1. The molecule has 0 amide bonds. The minimum absolute atomic E-state index is 0.121. The van der Waals surface area contributed by atoms with Gasteiger partial charge in [-0.3, -0.25) is 9.00 Å². The van der Waals surface area contributed by atoms with E-state index in [9.17, 15) is 9.00 Å². The van der Waals surface area contributed by atoms with Crippen LogP contribution in [0.3, 0.4) is 0 Å². The highest BCUT2D eigenvalue weighted by Gasteiger charge is 2.19. The molecule has 0 saturated heterocycles. The normalized spacial score (nSPS) is 13.4. The van der Waals surface area contributed by atoms with E-state index < -0.39 is 22.0 Å². The lowest BCUT2D eigenvalue weighted by atomic mass is 10.1. The molecule has 96 valence electrons. The highest BCUT2D eigenvalue weighted by atomic mass is 32.2. The molecule has 0 aliphatic carbocycles. The summed E-state index contributed by atoms with van der Waals surface area (Å²) >= 11 is 0. The van der Waals surface area contributed by atoms with E-state index in [1.54, 1.807) is 18.2 Å². The fraction of sp³-hybridized carbons (Fsp3) is 0.333. The van der Waals surface area contributed by atoms with E-state index in [1.807, 2.05) is 6.07 Å². The van der Waals surface area contributed by atoms with Crippen LogP contribution in [0.5, 0.6) is 5.75 Å². The van der Waals surface area contributed by atoms with Crippen LogP contribution in [-0.2, 0) is 21.3 Å². The zero-order chi connectivity index (χ0) is 13.7. The van der Waals surface area contributed by atoms with Crippen LogP contribution in [-0.4, -0.2) is 27.6 Å². The van der Waals surface area contributed by atoms with Crippen LogP contribution < -0.4 is 4.74 Å². The Kier molecular flexibility index (Phi) is 4.86. The van der Waals surface area contributed by atoms with Gasteiger partial charge in [0.2, 0.25) is 0 Å². The van der Waals surface area contributed by atoms with Gasteiger partial charge in [-0.2, -0.15) is 5.26 Å². The molecule has 1 N–H and O–H groups in total. The van der Waals surface area contributed by atoms with Gasteiger partial charge in [0.25, 0.3) is 0 Å². The van der Waals surface area contributed by atoms with Crippen molar-refractivity contribution in [2.75, 3.05) is 7.11 Å². The third-order valence-corrected chi connectivity index (χ3v) is 4.05. The van der Waals surface area contributed by atoms with Gasteiger partial charge in [-0.15, -0.1) is 0 Å². The molecule has 0 heterocycles. The summed E-state index contributed by atoms with van der Waals surface area (Å²) in [6.45, 7) is 1.40. The first-order valence-electron chi connectivity index (χ1n) is 5.16. The fourth-order valence-electron chi connectivity index (χ4n) is 1.32. The first-order chi connectivity index (χ1) is 8.49. The monoisotopic (exact) mass is 267 g/mol. The number of nitriles is 1. The molecule has 1 aromatic carbocycles. The van der Waals surface area contributed by atoms with Crippen LogP contribution in [0.2, 0.25) is 0 Å². The van der Waals surface area contributed by atoms with E-state index in [-0.39, 0.29) is 5.75 Å². The molecule has 0 bridgehead atoms. The van der Waals surface area contributed by atoms with Crippen LogP contribution in [0.4, 0.5) is 0 Å². The van der Waals surface area contributed by atoms with Crippen molar-refractivity contribution in [1.82, 2.24) is 0 Å². The van der Waals surface area contributed by atoms with Crippen LogP contribution in [0.1, 0.15) is 18.1 Å². The molecule has 1 rings (SSSR count). The van der Waals surface area contributed by atoms with Crippen molar-refractivity contribution in [1.29, 1.82) is 5.26 Å². The molecular formula is C12H13NO4S. The number of methoxy groups -OCH3 is 1. The van der Waals surface area contributed by atoms with E-state index in [0.717, 1.165) is 0 Å². The molecule has 0 fully saturated rings. The molecule has 5 nitrogen and oxygen atoms in total. The molecule has 2 atom stereocenters. The van der Waals surface area contributed by atoms with Gasteiger partial charge in [-0.1, -0.05) is 6.07 Å². The van der Waals surface area contributed by atoms with Crippen LogP contribution >= 0.6 is 0 Å². The van der Waals surface area contributed by atoms with Crippen LogP contribution in [0, 0.1) is 11.3 Å². The van der Waals surface area contributed by atoms with E-state index in [0.29, 0.717) is 16.9 Å². The number of carboxylic acid groups (broad SMARTS) is 1. The van der Waals surface area contributed by atoms with E-state index in [4.69, 9.17) is 15.1 Å². The first-order valence-corrected chi connectivity index (χ1v) is 6.54. The number of aliphatic carboxylic acids is 1. The molecule has 0 saturated carbocycles. The summed E-state index contributed by atoms with van der Waals surface area (Å²) in [6.07, 6.45) is 0. The SMILES string of the molecule is COc1cc(CS(=O)C(C)C(=O)O)ccc1C#N. The number of carboxylic acids is 1. The van der Waals surface area contributed by atoms with Gasteiger partial charge in [-0.05, 0) is 24.6 Å². The summed E-state index contributed by atoms with van der Waals surface area (Å²) in [7, 11) is -0.0614. The second-order valence-corrected chi connectivity index (χ2v) is 5.41. The van der Waals surface area contributed by atoms with Gasteiger partial charge in [0.15, 0.2) is 0 Å². The predicted molar refractivity (Wildman–Crippen MR) is 66.7 cm³/mol. The van der Waals surface area contributed by atoms with Crippen molar-refractivity contribution in [2.45, 2.75) is 17.9 Å². The highest BCUT2D eigenvalue weighted by molar-refractivity contribution is 7.85. The average molecular weight is 267 g/mol. The second-order valence-electron chi connectivity index (χ2n) is 3.65. The minimum atomic E-state index is -1.50. The third kappa shape index (κ3) is 3.31. The summed E-state index contributed by atoms with van der Waals surface area (Å²) in [4.78, 5) is 10.7. The largest absolute Gasteiger partial charge is 0.495 e. The summed E-state index contributed by atoms with van der Waals surface area (Å²) in [5, 5.41) is 16.6. The summed E-state index contributed by atoms with van der Waals surface area (Å²) in [5.41, 5.74) is 1.07. The van der Waals surface area contributed by atoms with Crippen LogP contribution in [0.25, 0.3) is 0 Å². The summed E-state index contributed by atoms with van der Waals surface area (Å²) in [6, 6.07) is 6.79. The molecule has 0 radical (unpaired) electrons. The van der Waals surface area contributed by atoms with E-state index >= 15 is 0 Å². The molecule has 1 aromatic rings. The second kappa shape index (κ2) is 6.17. The number of hydrogen-bond acceptors (Lipinski definition) is 4. The zero-order valence-electron chi connectivity index (χ0n) is 10.0. The molecular weight excluding hydrogens is 254 g/mol. The zero-order valence-corrected chi connectivity index (χ0v) is 10.9. The lowest BCUT2D eigenvalue weighted by Crippen LogP contribution is -2.22. The molecule has 6 heteroatoms. The maximum atomic E-state index is 11.7. The van der Waals surface area contributed by atoms with E-state index in [2.05, 4.69) is 0 Å². The first kappa shape index (κ1) is 14.2. The van der Waals surface area contributed by atoms with E-state index in [1.165, 1.54) is 14.0 Å². The van der Waals surface area contributed by atoms with Gasteiger partial charge in [0.05, 0.1) is 12.7 Å². The third-order valence-electron chi connectivity index (χ3n) is 2.44. The fourth-order valence-corrected chi connectivity index (χ4v) is 2.30. The lowest BCUT2D eigenvalue weighted by Gasteiger charge is -2.08. The summed E-state index contributed by atoms with van der Waals surface area (Å²) < 4.78 is 16.8. The molecule has 2 unspecified atom stereocenters. The van der Waals surface area contributed by atoms with Crippen molar-refractivity contribution in [3.8, 4) is 11.8 Å². The number of rotatable bonds is 5. The Morgan fingerprint density at radius 3 is 2.78 bits per heavy atom. The van der Waals surface area contributed by atoms with Gasteiger partial charge in [0.1, 0.15) is 17.1 Å². The van der Waals surface area contributed by atoms with Crippen molar-refractivity contribution in [2.24, 2.45) is 0 Å². The smallest absolute Gasteiger partial charge is 0.318 e. The topological polar surface area (TPSA) is 87.4 Å². The molecule has 0 aromatic heterocycles. The van der Waals surface area contributed by atoms with Crippen LogP contribution in [0.15, 0.2) is 18.2 Å². The van der Waals surface area contributed by atoms with Gasteiger partial charge < -0.3 is 9.84 Å². The van der Waals surface area contributed by atoms with Gasteiger partial charge >= 0.3 is 5.97 Å². The van der Waals surface area contributed by atoms with Crippen molar-refractivity contribution in [3.05, 3.63) is 29.3 Å². The maximum Gasteiger partial charge on any atom is 0.318 e. The molecule has 0 aliphatic rings. The maximum absolute atomic E-state index is 11.7. The standard InChI is InChI=1S/C12H13NO4S/c1-8(12(14)15)18(16)7-9-3-4-10(6-13)11(5-9)17-2/h3-5,8H,7H2,1-2H3,(H,14,15). The van der Waals surface area contributed by atoms with Crippen molar-refractivity contribution in [3.63, 3.8) is 0 Å². The van der Waals surface area contributed by atoms with Gasteiger partial charge in [0, 0.05) is 16.6 Å². The Morgan fingerprint density at radius 2 is 2.28 bits per heavy atom. The molecule has 18 heavy (non-hydrogen) atoms. The lowest BCUT2D eigenvalue weighted by molar-refractivity contribution is -0.136. The Labute approximate surface area is 107 Å². The Balaban J connectivity index is 2.90. The van der Waals surface area contributed by atoms with Gasteiger partial charge in [-0.25, -0.2) is 0 Å². The average Bonchev–Trinajstić information content (AvgIpc) is 2.37. The Hall–Kier alpha value is -1.87. The van der Waals surface area contributed by atoms with Crippen molar-refractivity contribution < 1.29 is 18.8 Å². The molecule has 0 spiro atoms. The highest BCUT2D eigenvalue weighted by Crippen LogP contribution is 2.20. The quantitative estimate of drug-likeness (QED) is 0.868. The molecule has 0 aliphatic heterocycles. The predicted octanol–water partition coefficient (Wildman–Crippen LogP) is 1.29. The summed E-state index contributed by atoms with van der Waals surface area (Å²) in [5.74, 6) is -0.570. The minimum Gasteiger partial charge on any atom is -0.495 e. The number of ether oxygens (including phenoxy) is 1. The van der Waals surface area contributed by atoms with Crippen molar-refractivity contribution >= 4 is 16.8 Å². The number of nitrogens with zero attached hydrogens (tertiary/aromatic N) is 1. The number of hydrogen-bond donors (Lipinski definition) is 1. The Morgan fingerprint density at radius 1 is 1.61 bits per heavy atom.